The maximum Gasteiger partial charge on any atom is 0.416 e. The number of rotatable bonds is 5. The van der Waals surface area contributed by atoms with Gasteiger partial charge in [-0.25, -0.2) is 4.79 Å². The number of allylic oxidation sites excluding steroid dienone is 1. The molecule has 0 aliphatic rings. The van der Waals surface area contributed by atoms with E-state index in [9.17, 15) is 18.0 Å². The molecule has 0 fully saturated rings. The Morgan fingerprint density at radius 1 is 1.00 bits per heavy atom. The van der Waals surface area contributed by atoms with Gasteiger partial charge in [-0.2, -0.15) is 13.2 Å². The fourth-order valence-corrected chi connectivity index (χ4v) is 2.03. The van der Waals surface area contributed by atoms with Crippen molar-refractivity contribution in [2.45, 2.75) is 19.2 Å². The van der Waals surface area contributed by atoms with E-state index in [-0.39, 0.29) is 18.6 Å². The fourth-order valence-electron chi connectivity index (χ4n) is 2.03. The second-order valence-corrected chi connectivity index (χ2v) is 4.85. The number of hydrogen-bond donors (Lipinski definition) is 0. The Morgan fingerprint density at radius 3 is 2.35 bits per heavy atom. The third-order valence-corrected chi connectivity index (χ3v) is 3.14. The van der Waals surface area contributed by atoms with Crippen LogP contribution in [0.5, 0.6) is 0 Å². The SMILES string of the molecule is O=C(/C=C/Cc1ccccc1C(F)(F)F)OCc1ccccc1. The molecule has 2 aromatic carbocycles. The summed E-state index contributed by atoms with van der Waals surface area (Å²) in [5, 5.41) is 0. The minimum atomic E-state index is -4.40. The number of halogens is 3. The number of alkyl halides is 3. The van der Waals surface area contributed by atoms with Gasteiger partial charge in [0.1, 0.15) is 6.61 Å². The molecule has 2 aromatic rings. The zero-order valence-electron chi connectivity index (χ0n) is 12.2. The highest BCUT2D eigenvalue weighted by atomic mass is 19.4. The lowest BCUT2D eigenvalue weighted by atomic mass is 10.0. The molecule has 2 rings (SSSR count). The topological polar surface area (TPSA) is 26.3 Å². The number of benzene rings is 2. The van der Waals surface area contributed by atoms with E-state index < -0.39 is 17.7 Å². The molecule has 0 amide bonds. The Balaban J connectivity index is 1.91. The largest absolute Gasteiger partial charge is 0.458 e. The van der Waals surface area contributed by atoms with Crippen molar-refractivity contribution in [3.63, 3.8) is 0 Å². The third kappa shape index (κ3) is 5.29. The van der Waals surface area contributed by atoms with Crippen molar-refractivity contribution in [3.05, 3.63) is 83.4 Å². The minimum absolute atomic E-state index is 0.0100. The molecule has 0 saturated carbocycles. The molecule has 0 bridgehead atoms. The van der Waals surface area contributed by atoms with E-state index in [1.807, 2.05) is 30.3 Å². The lowest BCUT2D eigenvalue weighted by molar-refractivity contribution is -0.139. The highest BCUT2D eigenvalue weighted by Crippen LogP contribution is 2.32. The van der Waals surface area contributed by atoms with E-state index in [1.54, 1.807) is 0 Å². The summed E-state index contributed by atoms with van der Waals surface area (Å²) in [6, 6.07) is 14.4. The van der Waals surface area contributed by atoms with Crippen LogP contribution in [0.1, 0.15) is 16.7 Å². The summed E-state index contributed by atoms with van der Waals surface area (Å²) >= 11 is 0. The summed E-state index contributed by atoms with van der Waals surface area (Å²) in [6.07, 6.45) is -1.87. The standard InChI is InChI=1S/C18H15F3O2/c19-18(20,21)16-11-5-4-9-15(16)10-6-12-17(22)23-13-14-7-2-1-3-8-14/h1-9,11-12H,10,13H2/b12-6+. The summed E-state index contributed by atoms with van der Waals surface area (Å²) in [5.41, 5.74) is 0.270. The molecule has 23 heavy (non-hydrogen) atoms. The molecule has 0 aromatic heterocycles. The first-order valence-electron chi connectivity index (χ1n) is 6.99. The smallest absolute Gasteiger partial charge is 0.416 e. The molecule has 0 spiro atoms. The molecule has 0 saturated heterocycles. The average Bonchev–Trinajstić information content (AvgIpc) is 2.53. The molecule has 0 unspecified atom stereocenters. The summed E-state index contributed by atoms with van der Waals surface area (Å²) in [6.45, 7) is 0.128. The van der Waals surface area contributed by atoms with E-state index in [1.165, 1.54) is 24.3 Å². The summed E-state index contributed by atoms with van der Waals surface area (Å²) in [4.78, 5) is 11.6. The highest BCUT2D eigenvalue weighted by molar-refractivity contribution is 5.81. The normalized spacial score (nSPS) is 11.6. The Bertz CT molecular complexity index is 676. The van der Waals surface area contributed by atoms with Gasteiger partial charge in [-0.3, -0.25) is 0 Å². The van der Waals surface area contributed by atoms with E-state index in [0.717, 1.165) is 17.7 Å². The van der Waals surface area contributed by atoms with Crippen molar-refractivity contribution in [1.82, 2.24) is 0 Å². The second-order valence-electron chi connectivity index (χ2n) is 4.85. The monoisotopic (exact) mass is 320 g/mol. The summed E-state index contributed by atoms with van der Waals surface area (Å²) in [5.74, 6) is -0.585. The molecular weight excluding hydrogens is 305 g/mol. The molecule has 5 heteroatoms. The first-order valence-corrected chi connectivity index (χ1v) is 6.99. The van der Waals surface area contributed by atoms with Crippen molar-refractivity contribution < 1.29 is 22.7 Å². The number of hydrogen-bond acceptors (Lipinski definition) is 2. The lowest BCUT2D eigenvalue weighted by Crippen LogP contribution is -2.08. The van der Waals surface area contributed by atoms with E-state index >= 15 is 0 Å². The van der Waals surface area contributed by atoms with Crippen molar-refractivity contribution in [3.8, 4) is 0 Å². The number of carbonyl (C=O) groups excluding carboxylic acids is 1. The van der Waals surface area contributed by atoms with Crippen LogP contribution in [0.4, 0.5) is 13.2 Å². The van der Waals surface area contributed by atoms with Crippen LogP contribution < -0.4 is 0 Å². The first-order chi connectivity index (χ1) is 11.0. The molecule has 0 aliphatic carbocycles. The predicted octanol–water partition coefficient (Wildman–Crippen LogP) is 4.55. The van der Waals surface area contributed by atoms with Crippen molar-refractivity contribution in [2.24, 2.45) is 0 Å². The lowest BCUT2D eigenvalue weighted by Gasteiger charge is -2.10. The van der Waals surface area contributed by atoms with E-state index in [0.29, 0.717) is 0 Å². The van der Waals surface area contributed by atoms with Crippen LogP contribution in [-0.4, -0.2) is 5.97 Å². The Kier molecular flexibility index (Phi) is 5.57. The summed E-state index contributed by atoms with van der Waals surface area (Å²) < 4.78 is 43.5. The zero-order valence-corrected chi connectivity index (χ0v) is 12.2. The van der Waals surface area contributed by atoms with Gasteiger partial charge in [-0.15, -0.1) is 0 Å². The first kappa shape index (κ1) is 16.8. The maximum absolute atomic E-state index is 12.8. The number of carbonyl (C=O) groups is 1. The Hall–Kier alpha value is -2.56. The highest BCUT2D eigenvalue weighted by Gasteiger charge is 2.32. The van der Waals surface area contributed by atoms with Crippen LogP contribution in [0.3, 0.4) is 0 Å². The van der Waals surface area contributed by atoms with Crippen LogP contribution in [0.25, 0.3) is 0 Å². The van der Waals surface area contributed by atoms with Gasteiger partial charge in [0.25, 0.3) is 0 Å². The Labute approximate surface area is 132 Å². The second kappa shape index (κ2) is 7.63. The van der Waals surface area contributed by atoms with E-state index in [4.69, 9.17) is 4.74 Å². The molecule has 2 nitrogen and oxygen atoms in total. The summed E-state index contributed by atoms with van der Waals surface area (Å²) in [7, 11) is 0. The molecule has 0 atom stereocenters. The van der Waals surface area contributed by atoms with Gasteiger partial charge in [0.15, 0.2) is 0 Å². The molecule has 0 N–H and O–H groups in total. The molecule has 0 aliphatic heterocycles. The van der Waals surface area contributed by atoms with Crippen molar-refractivity contribution in [2.75, 3.05) is 0 Å². The number of ether oxygens (including phenoxy) is 1. The van der Waals surface area contributed by atoms with Crippen LogP contribution in [0.15, 0.2) is 66.7 Å². The van der Waals surface area contributed by atoms with Crippen molar-refractivity contribution in [1.29, 1.82) is 0 Å². The van der Waals surface area contributed by atoms with Gasteiger partial charge >= 0.3 is 12.1 Å². The molecule has 120 valence electrons. The van der Waals surface area contributed by atoms with Gasteiger partial charge in [-0.05, 0) is 23.6 Å². The van der Waals surface area contributed by atoms with Gasteiger partial charge in [0.2, 0.25) is 0 Å². The van der Waals surface area contributed by atoms with Crippen LogP contribution in [0, 0.1) is 0 Å². The van der Waals surface area contributed by atoms with Gasteiger partial charge < -0.3 is 4.74 Å². The van der Waals surface area contributed by atoms with Crippen molar-refractivity contribution >= 4 is 5.97 Å². The van der Waals surface area contributed by atoms with Gasteiger partial charge in [-0.1, -0.05) is 54.6 Å². The fraction of sp³-hybridized carbons (Fsp3) is 0.167. The van der Waals surface area contributed by atoms with Gasteiger partial charge in [0, 0.05) is 6.08 Å². The third-order valence-electron chi connectivity index (χ3n) is 3.14. The molecule has 0 heterocycles. The van der Waals surface area contributed by atoms with E-state index in [2.05, 4.69) is 0 Å². The quantitative estimate of drug-likeness (QED) is 0.597. The van der Waals surface area contributed by atoms with Gasteiger partial charge in [0.05, 0.1) is 5.56 Å². The minimum Gasteiger partial charge on any atom is -0.458 e. The zero-order chi connectivity index (χ0) is 16.7. The Morgan fingerprint density at radius 2 is 1.65 bits per heavy atom. The average molecular weight is 320 g/mol. The maximum atomic E-state index is 12.8. The van der Waals surface area contributed by atoms with Crippen LogP contribution in [0.2, 0.25) is 0 Å². The molecule has 0 radical (unpaired) electrons. The van der Waals surface area contributed by atoms with Crippen LogP contribution >= 0.6 is 0 Å². The predicted molar refractivity (Wildman–Crippen MR) is 80.5 cm³/mol. The van der Waals surface area contributed by atoms with Crippen LogP contribution in [-0.2, 0) is 28.7 Å². The number of esters is 1. The molecular formula is C18H15F3O2.